The summed E-state index contributed by atoms with van der Waals surface area (Å²) in [5, 5.41) is 14.8. The number of methoxy groups -OCH3 is 1. The Morgan fingerprint density at radius 1 is 1.32 bits per heavy atom. The zero-order chi connectivity index (χ0) is 18.4. The lowest BCUT2D eigenvalue weighted by atomic mass is 10.0. The molecule has 2 aromatic rings. The number of amides is 2. The monoisotopic (exact) mass is 382 g/mol. The lowest BCUT2D eigenvalue weighted by Crippen LogP contribution is -2.44. The minimum atomic E-state index is -0.717. The number of nitrogens with zero attached hydrogens (tertiary/aromatic N) is 2. The smallest absolute Gasteiger partial charge is 0.407 e. The van der Waals surface area contributed by atoms with E-state index in [1.807, 2.05) is 26.0 Å². The van der Waals surface area contributed by atoms with E-state index in [1.54, 1.807) is 12.1 Å². The van der Waals surface area contributed by atoms with E-state index in [9.17, 15) is 9.59 Å². The molecule has 0 aliphatic rings. The molecule has 0 bridgehead atoms. The van der Waals surface area contributed by atoms with Crippen molar-refractivity contribution in [3.8, 4) is 10.6 Å². The second kappa shape index (κ2) is 8.77. The Hall–Kier alpha value is -2.19. The summed E-state index contributed by atoms with van der Waals surface area (Å²) in [4.78, 5) is 23.9. The number of alkyl carbamates (subject to hydrolysis) is 1. The second-order valence-corrected chi connectivity index (χ2v) is 7.14. The third kappa shape index (κ3) is 5.68. The van der Waals surface area contributed by atoms with Crippen molar-refractivity contribution in [1.82, 2.24) is 15.5 Å². The summed E-state index contributed by atoms with van der Waals surface area (Å²) >= 11 is 7.20. The number of rotatable bonds is 6. The minimum Gasteiger partial charge on any atom is -0.453 e. The second-order valence-electron chi connectivity index (χ2n) is 5.73. The highest BCUT2D eigenvalue weighted by Crippen LogP contribution is 2.28. The maximum Gasteiger partial charge on any atom is 0.407 e. The van der Waals surface area contributed by atoms with Crippen LogP contribution in [0.3, 0.4) is 0 Å². The van der Waals surface area contributed by atoms with Crippen molar-refractivity contribution in [2.75, 3.05) is 12.4 Å². The molecule has 9 heteroatoms. The summed E-state index contributed by atoms with van der Waals surface area (Å²) in [7, 11) is 1.25. The molecule has 25 heavy (non-hydrogen) atoms. The van der Waals surface area contributed by atoms with E-state index in [0.29, 0.717) is 21.6 Å². The van der Waals surface area contributed by atoms with Crippen LogP contribution >= 0.6 is 22.9 Å². The topological polar surface area (TPSA) is 93.2 Å². The molecule has 0 saturated carbocycles. The highest BCUT2D eigenvalue weighted by atomic mass is 35.5. The number of hydrogen-bond donors (Lipinski definition) is 2. The molecule has 0 saturated heterocycles. The van der Waals surface area contributed by atoms with Crippen LogP contribution in [0, 0.1) is 5.92 Å². The average Bonchev–Trinajstić information content (AvgIpc) is 3.02. The van der Waals surface area contributed by atoms with Gasteiger partial charge >= 0.3 is 6.09 Å². The van der Waals surface area contributed by atoms with Crippen LogP contribution in [-0.2, 0) is 9.53 Å². The number of hydrogen-bond acceptors (Lipinski definition) is 6. The molecular formula is C16H19ClN4O3S. The van der Waals surface area contributed by atoms with E-state index < -0.39 is 12.1 Å². The van der Waals surface area contributed by atoms with Crippen molar-refractivity contribution in [2.24, 2.45) is 5.92 Å². The van der Waals surface area contributed by atoms with Crippen molar-refractivity contribution in [2.45, 2.75) is 26.3 Å². The Balaban J connectivity index is 2.09. The van der Waals surface area contributed by atoms with Crippen molar-refractivity contribution in [3.05, 3.63) is 29.3 Å². The number of halogens is 1. The molecule has 1 unspecified atom stereocenters. The summed E-state index contributed by atoms with van der Waals surface area (Å²) in [5.74, 6) is -0.155. The van der Waals surface area contributed by atoms with Crippen LogP contribution in [0.1, 0.15) is 20.3 Å². The van der Waals surface area contributed by atoms with E-state index in [-0.39, 0.29) is 11.8 Å². The van der Waals surface area contributed by atoms with Gasteiger partial charge in [-0.15, -0.1) is 10.2 Å². The molecule has 1 heterocycles. The number of ether oxygens (including phenoxy) is 1. The van der Waals surface area contributed by atoms with Crippen LogP contribution in [-0.4, -0.2) is 35.3 Å². The molecule has 1 aromatic carbocycles. The molecule has 0 spiro atoms. The lowest BCUT2D eigenvalue weighted by Gasteiger charge is -2.18. The van der Waals surface area contributed by atoms with Crippen LogP contribution in [0.2, 0.25) is 5.02 Å². The first kappa shape index (κ1) is 19.1. The van der Waals surface area contributed by atoms with E-state index >= 15 is 0 Å². The molecule has 2 N–H and O–H groups in total. The van der Waals surface area contributed by atoms with Crippen molar-refractivity contribution >= 4 is 40.1 Å². The van der Waals surface area contributed by atoms with Gasteiger partial charge in [0.1, 0.15) is 11.0 Å². The number of aromatic nitrogens is 2. The Bertz CT molecular complexity index is 750. The molecule has 2 amide bonds. The Morgan fingerprint density at radius 2 is 2.08 bits per heavy atom. The number of carbonyl (C=O) groups excluding carboxylic acids is 2. The first-order chi connectivity index (χ1) is 11.9. The number of carbonyl (C=O) groups is 2. The van der Waals surface area contributed by atoms with Crippen LogP contribution < -0.4 is 10.6 Å². The normalized spacial score (nSPS) is 11.9. The zero-order valence-corrected chi connectivity index (χ0v) is 15.6. The lowest BCUT2D eigenvalue weighted by molar-refractivity contribution is -0.118. The van der Waals surface area contributed by atoms with Crippen molar-refractivity contribution < 1.29 is 14.3 Å². The molecule has 0 fully saturated rings. The van der Waals surface area contributed by atoms with Gasteiger partial charge in [-0.25, -0.2) is 4.79 Å². The van der Waals surface area contributed by atoms with Gasteiger partial charge in [0.05, 0.1) is 7.11 Å². The van der Waals surface area contributed by atoms with Gasteiger partial charge < -0.3 is 10.1 Å². The van der Waals surface area contributed by atoms with Crippen molar-refractivity contribution in [3.63, 3.8) is 0 Å². The van der Waals surface area contributed by atoms with Crippen LogP contribution in [0.5, 0.6) is 0 Å². The molecule has 1 atom stereocenters. The summed E-state index contributed by atoms with van der Waals surface area (Å²) < 4.78 is 4.57. The fourth-order valence-corrected chi connectivity index (χ4v) is 3.04. The van der Waals surface area contributed by atoms with Crippen LogP contribution in [0.25, 0.3) is 10.6 Å². The summed E-state index contributed by atoms with van der Waals surface area (Å²) in [6, 6.07) is 6.50. The maximum atomic E-state index is 12.4. The van der Waals surface area contributed by atoms with Gasteiger partial charge in [-0.05, 0) is 24.5 Å². The third-order valence-corrected chi connectivity index (χ3v) is 4.35. The van der Waals surface area contributed by atoms with E-state index in [2.05, 4.69) is 25.6 Å². The highest BCUT2D eigenvalue weighted by Gasteiger charge is 2.23. The molecule has 134 valence electrons. The van der Waals surface area contributed by atoms with Crippen molar-refractivity contribution in [1.29, 1.82) is 0 Å². The fourth-order valence-electron chi connectivity index (χ4n) is 2.11. The molecule has 7 nitrogen and oxygen atoms in total. The number of anilines is 1. The third-order valence-electron chi connectivity index (χ3n) is 3.23. The van der Waals surface area contributed by atoms with Gasteiger partial charge in [-0.1, -0.05) is 48.9 Å². The van der Waals surface area contributed by atoms with Gasteiger partial charge in [0, 0.05) is 10.6 Å². The van der Waals surface area contributed by atoms with Crippen LogP contribution in [0.15, 0.2) is 24.3 Å². The standard InChI is InChI=1S/C16H19ClN4O3S/c1-9(2)7-12(18-16(23)24-3)13(22)19-15-21-20-14(25-15)10-5-4-6-11(17)8-10/h4-6,8-9,12H,7H2,1-3H3,(H,18,23)(H,19,21,22). The first-order valence-electron chi connectivity index (χ1n) is 7.63. The largest absolute Gasteiger partial charge is 0.453 e. The summed E-state index contributed by atoms with van der Waals surface area (Å²) in [5.41, 5.74) is 0.817. The van der Waals surface area contributed by atoms with Gasteiger partial charge in [0.25, 0.3) is 0 Å². The molecule has 1 aromatic heterocycles. The molecule has 0 aliphatic heterocycles. The molecule has 0 radical (unpaired) electrons. The minimum absolute atomic E-state index is 0.212. The van der Waals surface area contributed by atoms with Gasteiger partial charge in [-0.3, -0.25) is 10.1 Å². The quantitative estimate of drug-likeness (QED) is 0.796. The molecular weight excluding hydrogens is 364 g/mol. The Morgan fingerprint density at radius 3 is 2.72 bits per heavy atom. The highest BCUT2D eigenvalue weighted by molar-refractivity contribution is 7.18. The Labute approximate surface area is 154 Å². The van der Waals surface area contributed by atoms with Crippen LogP contribution in [0.4, 0.5) is 9.93 Å². The maximum absolute atomic E-state index is 12.4. The first-order valence-corrected chi connectivity index (χ1v) is 8.83. The average molecular weight is 383 g/mol. The van der Waals surface area contributed by atoms with Gasteiger partial charge in [0.15, 0.2) is 0 Å². The van der Waals surface area contributed by atoms with Gasteiger partial charge in [-0.2, -0.15) is 0 Å². The number of benzene rings is 1. The number of nitrogens with one attached hydrogen (secondary N) is 2. The van der Waals surface area contributed by atoms with E-state index in [4.69, 9.17) is 11.6 Å². The fraction of sp³-hybridized carbons (Fsp3) is 0.375. The predicted octanol–water partition coefficient (Wildman–Crippen LogP) is 3.57. The predicted molar refractivity (Wildman–Crippen MR) is 97.8 cm³/mol. The SMILES string of the molecule is COC(=O)NC(CC(C)C)C(=O)Nc1nnc(-c2cccc(Cl)c2)s1. The molecule has 0 aliphatic carbocycles. The van der Waals surface area contributed by atoms with E-state index in [0.717, 1.165) is 5.56 Å². The molecule has 2 rings (SSSR count). The zero-order valence-electron chi connectivity index (χ0n) is 14.1. The van der Waals surface area contributed by atoms with Gasteiger partial charge in [0.2, 0.25) is 11.0 Å². The summed E-state index contributed by atoms with van der Waals surface area (Å²) in [6.07, 6.45) is -0.182. The Kier molecular flexibility index (Phi) is 6.72. The summed E-state index contributed by atoms with van der Waals surface area (Å²) in [6.45, 7) is 3.92. The van der Waals surface area contributed by atoms with E-state index in [1.165, 1.54) is 18.4 Å².